The molecule has 0 saturated heterocycles. The molecule has 1 aliphatic rings. The summed E-state index contributed by atoms with van der Waals surface area (Å²) in [5.74, 6) is 1.10. The quantitative estimate of drug-likeness (QED) is 0.928. The molecule has 0 atom stereocenters. The van der Waals surface area contributed by atoms with Crippen LogP contribution in [-0.4, -0.2) is 28.2 Å². The molecule has 2 rings (SSSR count). The maximum atomic E-state index is 11.6. The van der Waals surface area contributed by atoms with Crippen molar-refractivity contribution in [1.82, 2.24) is 15.3 Å². The largest absolute Gasteiger partial charge is 0.444 e. The van der Waals surface area contributed by atoms with Gasteiger partial charge in [-0.3, -0.25) is 0 Å². The molecule has 1 amide bonds. The zero-order chi connectivity index (χ0) is 15.3. The van der Waals surface area contributed by atoms with Crippen molar-refractivity contribution in [3.63, 3.8) is 0 Å². The standard InChI is InChI=1S/C16H25N3O2/c1-16(2,3)21-15(20)19-8-12-4-6-13(7-5-12)14-9-17-11-18-10-14/h9-13H,4-8H2,1-3H3,(H,19,20). The van der Waals surface area contributed by atoms with E-state index in [4.69, 9.17) is 4.74 Å². The molecule has 1 aliphatic carbocycles. The minimum Gasteiger partial charge on any atom is -0.444 e. The molecule has 0 aliphatic heterocycles. The van der Waals surface area contributed by atoms with Crippen molar-refractivity contribution in [2.24, 2.45) is 5.92 Å². The highest BCUT2D eigenvalue weighted by Gasteiger charge is 2.24. The lowest BCUT2D eigenvalue weighted by atomic mass is 9.79. The molecular formula is C16H25N3O2. The lowest BCUT2D eigenvalue weighted by molar-refractivity contribution is 0.0514. The summed E-state index contributed by atoms with van der Waals surface area (Å²) in [5, 5.41) is 2.88. The number of carbonyl (C=O) groups is 1. The van der Waals surface area contributed by atoms with E-state index in [0.717, 1.165) is 25.7 Å². The van der Waals surface area contributed by atoms with Crippen molar-refractivity contribution in [2.45, 2.75) is 58.0 Å². The van der Waals surface area contributed by atoms with Crippen molar-refractivity contribution in [2.75, 3.05) is 6.54 Å². The van der Waals surface area contributed by atoms with Crippen molar-refractivity contribution in [3.05, 3.63) is 24.3 Å². The van der Waals surface area contributed by atoms with Gasteiger partial charge in [0.25, 0.3) is 0 Å². The van der Waals surface area contributed by atoms with Crippen LogP contribution >= 0.6 is 0 Å². The third-order valence-electron chi connectivity index (χ3n) is 3.83. The fourth-order valence-corrected chi connectivity index (χ4v) is 2.76. The Bertz CT molecular complexity index is 448. The summed E-state index contributed by atoms with van der Waals surface area (Å²) in [6, 6.07) is 0. The Morgan fingerprint density at radius 2 is 1.86 bits per heavy atom. The number of nitrogens with zero attached hydrogens (tertiary/aromatic N) is 2. The van der Waals surface area contributed by atoms with Crippen LogP contribution in [-0.2, 0) is 4.74 Å². The molecule has 1 fully saturated rings. The van der Waals surface area contributed by atoms with Crippen molar-refractivity contribution in [1.29, 1.82) is 0 Å². The average molecular weight is 291 g/mol. The minimum absolute atomic E-state index is 0.318. The molecule has 5 nitrogen and oxygen atoms in total. The third kappa shape index (κ3) is 5.33. The Hall–Kier alpha value is -1.65. The summed E-state index contributed by atoms with van der Waals surface area (Å²) >= 11 is 0. The molecule has 1 N–H and O–H groups in total. The van der Waals surface area contributed by atoms with Gasteiger partial charge in [0, 0.05) is 18.9 Å². The maximum Gasteiger partial charge on any atom is 0.407 e. The third-order valence-corrected chi connectivity index (χ3v) is 3.83. The maximum absolute atomic E-state index is 11.6. The van der Waals surface area contributed by atoms with Gasteiger partial charge in [-0.05, 0) is 63.9 Å². The summed E-state index contributed by atoms with van der Waals surface area (Å²) < 4.78 is 5.25. The molecule has 5 heteroatoms. The second kappa shape index (κ2) is 6.87. The van der Waals surface area contributed by atoms with Crippen LogP contribution < -0.4 is 5.32 Å². The molecule has 116 valence electrons. The van der Waals surface area contributed by atoms with E-state index in [-0.39, 0.29) is 6.09 Å². The predicted octanol–water partition coefficient (Wildman–Crippen LogP) is 3.28. The number of alkyl carbamates (subject to hydrolysis) is 1. The SMILES string of the molecule is CC(C)(C)OC(=O)NCC1CCC(c2cncnc2)CC1. The number of aromatic nitrogens is 2. The molecule has 1 heterocycles. The van der Waals surface area contributed by atoms with Gasteiger partial charge in [0.15, 0.2) is 0 Å². The van der Waals surface area contributed by atoms with Crippen LogP contribution in [0.25, 0.3) is 0 Å². The molecule has 21 heavy (non-hydrogen) atoms. The van der Waals surface area contributed by atoms with Crippen LogP contribution in [0.15, 0.2) is 18.7 Å². The highest BCUT2D eigenvalue weighted by Crippen LogP contribution is 2.34. The van der Waals surface area contributed by atoms with Crippen LogP contribution in [0.2, 0.25) is 0 Å². The summed E-state index contributed by atoms with van der Waals surface area (Å²) in [7, 11) is 0. The summed E-state index contributed by atoms with van der Waals surface area (Å²) in [4.78, 5) is 19.8. The first kappa shape index (κ1) is 15.7. The van der Waals surface area contributed by atoms with E-state index in [2.05, 4.69) is 15.3 Å². The van der Waals surface area contributed by atoms with Gasteiger partial charge in [0.2, 0.25) is 0 Å². The summed E-state index contributed by atoms with van der Waals surface area (Å²) in [6.07, 6.45) is 9.58. The molecule has 0 spiro atoms. The van der Waals surface area contributed by atoms with Crippen molar-refractivity contribution < 1.29 is 9.53 Å². The molecule has 0 unspecified atom stereocenters. The monoisotopic (exact) mass is 291 g/mol. The first-order chi connectivity index (χ1) is 9.94. The molecule has 1 aromatic rings. The van der Waals surface area contributed by atoms with E-state index in [1.54, 1.807) is 6.33 Å². The van der Waals surface area contributed by atoms with E-state index >= 15 is 0 Å². The van der Waals surface area contributed by atoms with Gasteiger partial charge >= 0.3 is 6.09 Å². The fourth-order valence-electron chi connectivity index (χ4n) is 2.76. The summed E-state index contributed by atoms with van der Waals surface area (Å²) in [6.45, 7) is 6.33. The summed E-state index contributed by atoms with van der Waals surface area (Å²) in [5.41, 5.74) is 0.797. The minimum atomic E-state index is -0.435. The first-order valence-electron chi connectivity index (χ1n) is 7.66. The smallest absolute Gasteiger partial charge is 0.407 e. The number of rotatable bonds is 3. The molecule has 1 aromatic heterocycles. The van der Waals surface area contributed by atoms with Crippen LogP contribution in [0.3, 0.4) is 0 Å². The number of hydrogen-bond acceptors (Lipinski definition) is 4. The molecule has 0 aromatic carbocycles. The van der Waals surface area contributed by atoms with Gasteiger partial charge in [-0.15, -0.1) is 0 Å². The second-order valence-electron chi connectivity index (χ2n) is 6.77. The molecule has 0 radical (unpaired) electrons. The van der Waals surface area contributed by atoms with E-state index in [1.807, 2.05) is 33.2 Å². The van der Waals surface area contributed by atoms with E-state index < -0.39 is 5.60 Å². The van der Waals surface area contributed by atoms with Crippen LogP contribution in [0.1, 0.15) is 57.9 Å². The van der Waals surface area contributed by atoms with Crippen molar-refractivity contribution in [3.8, 4) is 0 Å². The van der Waals surface area contributed by atoms with Gasteiger partial charge in [-0.1, -0.05) is 0 Å². The zero-order valence-electron chi connectivity index (χ0n) is 13.1. The number of hydrogen-bond donors (Lipinski definition) is 1. The molecule has 0 bridgehead atoms. The zero-order valence-corrected chi connectivity index (χ0v) is 13.1. The van der Waals surface area contributed by atoms with E-state index in [1.165, 1.54) is 5.56 Å². The number of amides is 1. The average Bonchev–Trinajstić information content (AvgIpc) is 2.45. The number of carbonyl (C=O) groups excluding carboxylic acids is 1. The van der Waals surface area contributed by atoms with Crippen LogP contribution in [0, 0.1) is 5.92 Å². The van der Waals surface area contributed by atoms with Gasteiger partial charge in [0.05, 0.1) is 0 Å². The lowest BCUT2D eigenvalue weighted by Crippen LogP contribution is -2.36. The van der Waals surface area contributed by atoms with E-state index in [9.17, 15) is 4.79 Å². The molecular weight excluding hydrogens is 266 g/mol. The van der Waals surface area contributed by atoms with Crippen LogP contribution in [0.4, 0.5) is 4.79 Å². The predicted molar refractivity (Wildman–Crippen MR) is 81.0 cm³/mol. The Morgan fingerprint density at radius 1 is 1.24 bits per heavy atom. The van der Waals surface area contributed by atoms with Gasteiger partial charge in [-0.2, -0.15) is 0 Å². The van der Waals surface area contributed by atoms with Gasteiger partial charge in [0.1, 0.15) is 11.9 Å². The fraction of sp³-hybridized carbons (Fsp3) is 0.688. The second-order valence-corrected chi connectivity index (χ2v) is 6.77. The topological polar surface area (TPSA) is 64.1 Å². The lowest BCUT2D eigenvalue weighted by Gasteiger charge is -2.29. The molecule has 1 saturated carbocycles. The Kier molecular flexibility index (Phi) is 5.15. The van der Waals surface area contributed by atoms with Gasteiger partial charge < -0.3 is 10.1 Å². The highest BCUT2D eigenvalue weighted by atomic mass is 16.6. The highest BCUT2D eigenvalue weighted by molar-refractivity contribution is 5.67. The Balaban J connectivity index is 1.71. The van der Waals surface area contributed by atoms with E-state index in [0.29, 0.717) is 18.4 Å². The normalized spacial score (nSPS) is 22.6. The van der Waals surface area contributed by atoms with Crippen molar-refractivity contribution >= 4 is 6.09 Å². The van der Waals surface area contributed by atoms with Gasteiger partial charge in [-0.25, -0.2) is 14.8 Å². The first-order valence-corrected chi connectivity index (χ1v) is 7.66. The number of nitrogens with one attached hydrogen (secondary N) is 1. The Morgan fingerprint density at radius 3 is 2.43 bits per heavy atom. The Labute approximate surface area is 126 Å². The number of ether oxygens (including phenoxy) is 1. The van der Waals surface area contributed by atoms with Crippen LogP contribution in [0.5, 0.6) is 0 Å².